The summed E-state index contributed by atoms with van der Waals surface area (Å²) in [5, 5.41) is 35.4. The molecule has 0 saturated carbocycles. The molecule has 0 radical (unpaired) electrons. The van der Waals surface area contributed by atoms with Gasteiger partial charge in [-0.05, 0) is 163 Å². The van der Waals surface area contributed by atoms with Crippen LogP contribution in [-0.2, 0) is 15.3 Å². The Bertz CT molecular complexity index is 2530. The van der Waals surface area contributed by atoms with Crippen LogP contribution in [0.5, 0.6) is 11.5 Å². The van der Waals surface area contributed by atoms with Gasteiger partial charge in [-0.1, -0.05) is 88.5 Å². The number of aliphatic hydroxyl groups is 4. The Kier molecular flexibility index (Phi) is 29.1. The summed E-state index contributed by atoms with van der Waals surface area (Å²) < 4.78 is 32.9. The third-order valence-corrected chi connectivity index (χ3v) is 12.1. The summed E-state index contributed by atoms with van der Waals surface area (Å²) in [6, 6.07) is 38.2. The molecule has 0 aliphatic heterocycles. The van der Waals surface area contributed by atoms with E-state index in [4.69, 9.17) is 24.8 Å². The standard InChI is InChI=1S/C16H19O2P.C12H16O4.C10H12O.C9H10O3.C6H5O2P.C3H8O/c1-12-9-13(2)16(14(3)10-12)11-19(17,18)15-7-5-4-6-8-15;1-12(2,15)11(14)9-3-5-10(6-4-9)16-8-7-13;1-7-4-8(2)10(6-11)9(3)5-7;10-5-6-12-9-3-1-8(7-11)2-4-9;7-9(8)6-4-2-1-3-5-6;1-3(2)4/h4-10H,11H2,1-3H3,(H,17,18);3-6,13,15H,7-8H2,1-2H3;4-6H,1-3H3;1-4,7,10H,5-6H2;1-5H;3-4H,1-2H3/p-1. The summed E-state index contributed by atoms with van der Waals surface area (Å²) in [6.45, 7) is 18.7. The lowest BCUT2D eigenvalue weighted by molar-refractivity contribution is -0.171. The van der Waals surface area contributed by atoms with Crippen LogP contribution in [0.15, 0.2) is 133 Å². The Labute approximate surface area is 420 Å². The molecule has 15 heteroatoms. The van der Waals surface area contributed by atoms with Crippen LogP contribution in [0.1, 0.15) is 97.7 Å². The molecule has 2 unspecified atom stereocenters. The normalized spacial score (nSPS) is 11.3. The molecule has 0 amide bonds. The smallest absolute Gasteiger partial charge is 0.348 e. The van der Waals surface area contributed by atoms with E-state index in [2.05, 4.69) is 0 Å². The fourth-order valence-electron chi connectivity index (χ4n) is 6.37. The van der Waals surface area contributed by atoms with Crippen molar-refractivity contribution < 1.29 is 63.2 Å². The average Bonchev–Trinajstić information content (AvgIpc) is 3.32. The second kappa shape index (κ2) is 32.8. The van der Waals surface area contributed by atoms with E-state index in [-0.39, 0.29) is 44.5 Å². The molecule has 13 nitrogen and oxygen atoms in total. The van der Waals surface area contributed by atoms with Gasteiger partial charge < -0.3 is 44.3 Å². The summed E-state index contributed by atoms with van der Waals surface area (Å²) in [6.07, 6.45) is 1.62. The van der Waals surface area contributed by atoms with Crippen LogP contribution in [0, 0.1) is 41.5 Å². The monoisotopic (exact) mass is 1010 g/mol. The summed E-state index contributed by atoms with van der Waals surface area (Å²) in [5.41, 5.74) is 8.04. The number of carbonyl (C=O) groups is 3. The van der Waals surface area contributed by atoms with Gasteiger partial charge in [-0.25, -0.2) is 0 Å². The molecule has 6 rings (SSSR count). The number of ketones is 1. The Morgan fingerprint density at radius 3 is 1.42 bits per heavy atom. The fraction of sp³-hybridized carbons (Fsp3) is 0.304. The molecule has 0 spiro atoms. The zero-order valence-electron chi connectivity index (χ0n) is 42.3. The van der Waals surface area contributed by atoms with Crippen molar-refractivity contribution in [1.82, 2.24) is 0 Å². The van der Waals surface area contributed by atoms with Gasteiger partial charge in [0.25, 0.3) is 0 Å². The number of aliphatic hydroxyl groups excluding tert-OH is 3. The molecule has 4 N–H and O–H groups in total. The summed E-state index contributed by atoms with van der Waals surface area (Å²) in [4.78, 5) is 55.1. The van der Waals surface area contributed by atoms with Gasteiger partial charge in [0.15, 0.2) is 17.4 Å². The highest BCUT2D eigenvalue weighted by Gasteiger charge is 2.25. The van der Waals surface area contributed by atoms with E-state index < -0.39 is 21.0 Å². The van der Waals surface area contributed by atoms with E-state index in [1.807, 2.05) is 71.9 Å². The van der Waals surface area contributed by atoms with E-state index in [1.165, 1.54) is 25.0 Å². The van der Waals surface area contributed by atoms with Crippen molar-refractivity contribution in [1.29, 1.82) is 0 Å². The number of carbonyl (C=O) groups excluding carboxylic acids is 3. The molecule has 0 aliphatic rings. The first kappa shape index (κ1) is 63.0. The zero-order valence-corrected chi connectivity index (χ0v) is 44.1. The summed E-state index contributed by atoms with van der Waals surface area (Å²) in [7, 11) is -5.98. The van der Waals surface area contributed by atoms with Crippen LogP contribution in [0.4, 0.5) is 0 Å². The maximum absolute atomic E-state index is 12.4. The lowest BCUT2D eigenvalue weighted by Crippen LogP contribution is -2.30. The number of aryl methyl sites for hydroxylation is 6. The van der Waals surface area contributed by atoms with Crippen LogP contribution in [0.3, 0.4) is 0 Å². The van der Waals surface area contributed by atoms with Crippen LogP contribution in [-0.4, -0.2) is 76.9 Å². The first-order chi connectivity index (χ1) is 33.4. The number of hydrogen-bond donors (Lipinski definition) is 4. The quantitative estimate of drug-likeness (QED) is 0.0459. The summed E-state index contributed by atoms with van der Waals surface area (Å²) in [5.74, 6) is 0.914. The van der Waals surface area contributed by atoms with Crippen molar-refractivity contribution in [3.63, 3.8) is 0 Å². The van der Waals surface area contributed by atoms with Crippen LogP contribution in [0.25, 0.3) is 0 Å². The fourth-order valence-corrected chi connectivity index (χ4v) is 8.51. The van der Waals surface area contributed by atoms with Crippen molar-refractivity contribution >= 4 is 44.4 Å². The van der Waals surface area contributed by atoms with Gasteiger partial charge in [0.05, 0.1) is 13.2 Å². The molecule has 0 bridgehead atoms. The van der Waals surface area contributed by atoms with E-state index in [1.54, 1.807) is 117 Å². The van der Waals surface area contributed by atoms with Crippen molar-refractivity contribution in [2.75, 3.05) is 26.4 Å². The minimum absolute atomic E-state index is 0.00453. The van der Waals surface area contributed by atoms with Gasteiger partial charge in [-0.15, -0.1) is 0 Å². The van der Waals surface area contributed by atoms with Crippen LogP contribution >= 0.6 is 15.4 Å². The molecule has 382 valence electrons. The van der Waals surface area contributed by atoms with Crippen LogP contribution < -0.4 is 29.9 Å². The number of Topliss-reactive ketones (excluding diaryl/α,β-unsaturated/α-hetero) is 1. The van der Waals surface area contributed by atoms with Gasteiger partial charge in [0.2, 0.25) is 0 Å². The third-order valence-electron chi connectivity index (χ3n) is 9.59. The van der Waals surface area contributed by atoms with Crippen molar-refractivity contribution in [3.8, 4) is 11.5 Å². The number of hydrogen-bond acceptors (Lipinski definition) is 13. The number of rotatable bonds is 14. The van der Waals surface area contributed by atoms with Crippen LogP contribution in [0.2, 0.25) is 0 Å². The van der Waals surface area contributed by atoms with E-state index in [0.29, 0.717) is 33.2 Å². The number of aldehydes is 2. The van der Waals surface area contributed by atoms with Gasteiger partial charge in [-0.3, -0.25) is 14.4 Å². The Balaban J connectivity index is 0.000000445. The average molecular weight is 1010 g/mol. The molecule has 0 heterocycles. The lowest BCUT2D eigenvalue weighted by atomic mass is 9.97. The Hall–Kier alpha value is -5.98. The second-order valence-electron chi connectivity index (χ2n) is 16.9. The van der Waals surface area contributed by atoms with Crippen molar-refractivity contribution in [2.45, 2.75) is 87.1 Å². The molecular formula is C56H69O13P2-. The van der Waals surface area contributed by atoms with Gasteiger partial charge in [-0.2, -0.15) is 0 Å². The van der Waals surface area contributed by atoms with Gasteiger partial charge in [0, 0.05) is 36.3 Å². The maximum Gasteiger partial charge on any atom is 0.348 e. The highest BCUT2D eigenvalue weighted by atomic mass is 31.2. The minimum atomic E-state index is -3.59. The van der Waals surface area contributed by atoms with Crippen molar-refractivity contribution in [3.05, 3.63) is 189 Å². The Morgan fingerprint density at radius 1 is 0.676 bits per heavy atom. The van der Waals surface area contributed by atoms with Gasteiger partial charge in [0.1, 0.15) is 36.6 Å². The van der Waals surface area contributed by atoms with Crippen molar-refractivity contribution in [2.24, 2.45) is 0 Å². The third kappa shape index (κ3) is 25.1. The second-order valence-corrected chi connectivity index (χ2v) is 20.1. The summed E-state index contributed by atoms with van der Waals surface area (Å²) >= 11 is 0. The maximum atomic E-state index is 12.4. The SMILES string of the molecule is CC(C)(O)C(=O)c1ccc(OCCO)cc1.CC(C)O.Cc1cc(C)c(C=O)c(C)c1.Cc1cc(C)c(CP(=O)([O-])c2ccccc2)c(C)c1.O=Cc1ccc(OCCO)cc1.O=[P+]([O-])c1ccccc1. The predicted molar refractivity (Wildman–Crippen MR) is 279 cm³/mol. The topological polar surface area (TPSA) is 231 Å². The molecule has 0 fully saturated rings. The molecule has 0 aliphatic carbocycles. The highest BCUT2D eigenvalue weighted by Crippen LogP contribution is 2.40. The molecule has 6 aromatic carbocycles. The predicted octanol–water partition coefficient (Wildman–Crippen LogP) is 8.18. The van der Waals surface area contributed by atoms with E-state index >= 15 is 0 Å². The molecule has 71 heavy (non-hydrogen) atoms. The highest BCUT2D eigenvalue weighted by molar-refractivity contribution is 7.63. The minimum Gasteiger partial charge on any atom is -0.796 e. The number of benzene rings is 6. The molecule has 2 atom stereocenters. The molecular weight excluding hydrogens is 943 g/mol. The lowest BCUT2D eigenvalue weighted by Gasteiger charge is -2.26. The zero-order chi connectivity index (χ0) is 53.7. The first-order valence-corrected chi connectivity index (χ1v) is 25.6. The first-order valence-electron chi connectivity index (χ1n) is 22.6. The van der Waals surface area contributed by atoms with Gasteiger partial charge >= 0.3 is 8.03 Å². The largest absolute Gasteiger partial charge is 0.796 e. The molecule has 0 aromatic heterocycles. The van der Waals surface area contributed by atoms with E-state index in [0.717, 1.165) is 46.0 Å². The Morgan fingerprint density at radius 2 is 1.07 bits per heavy atom. The molecule has 6 aromatic rings. The van der Waals surface area contributed by atoms with E-state index in [9.17, 15) is 38.4 Å². The number of ether oxygens (including phenoxy) is 2. The molecule has 0 saturated heterocycles.